The number of halogens is 2. The molecule has 0 N–H and O–H groups in total. The zero-order valence-electron chi connectivity index (χ0n) is 21.3. The molecule has 0 aliphatic heterocycles. The Balaban J connectivity index is 0.00000400. The summed E-state index contributed by atoms with van der Waals surface area (Å²) in [6.45, 7) is 1.14. The standard InChI is InChI=1S/C26H27ClN4O5S.ClH/c1-33-19-8-7-18(27)25-23(19)29-26(37-25)31(12-5-11-30-13-10-28-16-30)22(32)9-6-17-14-20(34-2)24(36-4)21(15-17)35-3;/h6-10,13-16H,5,11-12H2,1-4H3;1H/b9-6+;. The predicted molar refractivity (Wildman–Crippen MR) is 153 cm³/mol. The lowest BCUT2D eigenvalue weighted by Gasteiger charge is -2.18. The molecule has 4 aromatic rings. The molecule has 0 radical (unpaired) electrons. The van der Waals surface area contributed by atoms with E-state index in [2.05, 4.69) is 4.98 Å². The summed E-state index contributed by atoms with van der Waals surface area (Å²) in [5.74, 6) is 1.85. The molecule has 0 bridgehead atoms. The summed E-state index contributed by atoms with van der Waals surface area (Å²) in [5.41, 5.74) is 1.34. The maximum atomic E-state index is 13.5. The number of thiazole rings is 1. The summed E-state index contributed by atoms with van der Waals surface area (Å²) in [6.07, 6.45) is 9.27. The molecule has 12 heteroatoms. The smallest absolute Gasteiger partial charge is 0.252 e. The molecule has 38 heavy (non-hydrogen) atoms. The van der Waals surface area contributed by atoms with E-state index in [9.17, 15) is 4.79 Å². The Morgan fingerprint density at radius 3 is 2.39 bits per heavy atom. The Kier molecular flexibility index (Phi) is 10.2. The van der Waals surface area contributed by atoms with Crippen molar-refractivity contribution in [3.63, 3.8) is 0 Å². The fourth-order valence-electron chi connectivity index (χ4n) is 3.81. The van der Waals surface area contributed by atoms with Gasteiger partial charge in [-0.25, -0.2) is 9.97 Å². The molecule has 0 saturated heterocycles. The normalized spacial score (nSPS) is 10.9. The third-order valence-electron chi connectivity index (χ3n) is 5.63. The van der Waals surface area contributed by atoms with Gasteiger partial charge in [0.05, 0.1) is 44.5 Å². The number of fused-ring (bicyclic) bond motifs is 1. The Morgan fingerprint density at radius 1 is 1.08 bits per heavy atom. The number of hydrogen-bond acceptors (Lipinski definition) is 8. The van der Waals surface area contributed by atoms with Gasteiger partial charge >= 0.3 is 0 Å². The first-order valence-corrected chi connectivity index (χ1v) is 12.6. The van der Waals surface area contributed by atoms with Crippen molar-refractivity contribution >= 4 is 62.7 Å². The van der Waals surface area contributed by atoms with Crippen LogP contribution in [0.3, 0.4) is 0 Å². The number of imidazole rings is 1. The van der Waals surface area contributed by atoms with Crippen LogP contribution in [0, 0.1) is 0 Å². The maximum absolute atomic E-state index is 13.5. The second-order valence-electron chi connectivity index (χ2n) is 7.86. The molecule has 9 nitrogen and oxygen atoms in total. The number of amides is 1. The number of carbonyl (C=O) groups is 1. The molecule has 0 aliphatic carbocycles. The van der Waals surface area contributed by atoms with Gasteiger partial charge in [0.25, 0.3) is 5.91 Å². The third-order valence-corrected chi connectivity index (χ3v) is 7.17. The van der Waals surface area contributed by atoms with E-state index in [1.165, 1.54) is 17.4 Å². The largest absolute Gasteiger partial charge is 0.494 e. The number of benzene rings is 2. The first-order valence-electron chi connectivity index (χ1n) is 11.4. The van der Waals surface area contributed by atoms with Gasteiger partial charge in [-0.1, -0.05) is 22.9 Å². The summed E-state index contributed by atoms with van der Waals surface area (Å²) in [7, 11) is 6.21. The lowest BCUT2D eigenvalue weighted by molar-refractivity contribution is -0.114. The van der Waals surface area contributed by atoms with Crippen LogP contribution in [-0.2, 0) is 11.3 Å². The van der Waals surface area contributed by atoms with Crippen LogP contribution in [-0.4, -0.2) is 55.4 Å². The quantitative estimate of drug-likeness (QED) is 0.210. The van der Waals surface area contributed by atoms with Crippen LogP contribution in [0.2, 0.25) is 5.02 Å². The van der Waals surface area contributed by atoms with Gasteiger partial charge in [-0.3, -0.25) is 9.69 Å². The van der Waals surface area contributed by atoms with Gasteiger partial charge in [-0.2, -0.15) is 0 Å². The molecule has 2 heterocycles. The van der Waals surface area contributed by atoms with Gasteiger partial charge in [-0.15, -0.1) is 12.4 Å². The fourth-order valence-corrected chi connectivity index (χ4v) is 5.09. The SMILES string of the molecule is COc1cc(/C=C/C(=O)N(CCCn2ccnc2)c2nc3c(OC)ccc(Cl)c3s2)cc(OC)c1OC.Cl. The molecule has 0 saturated carbocycles. The van der Waals surface area contributed by atoms with Crippen LogP contribution in [0.1, 0.15) is 12.0 Å². The van der Waals surface area contributed by atoms with Gasteiger partial charge in [-0.05, 0) is 42.3 Å². The highest BCUT2D eigenvalue weighted by atomic mass is 35.5. The lowest BCUT2D eigenvalue weighted by atomic mass is 10.1. The number of nitrogens with zero attached hydrogens (tertiary/aromatic N) is 4. The minimum atomic E-state index is -0.228. The zero-order valence-corrected chi connectivity index (χ0v) is 23.7. The number of carbonyl (C=O) groups excluding carboxylic acids is 1. The summed E-state index contributed by atoms with van der Waals surface area (Å²) in [6, 6.07) is 7.08. The second-order valence-corrected chi connectivity index (χ2v) is 9.24. The number of methoxy groups -OCH3 is 4. The van der Waals surface area contributed by atoms with Crippen molar-refractivity contribution in [2.45, 2.75) is 13.0 Å². The van der Waals surface area contributed by atoms with E-state index in [0.717, 1.165) is 10.3 Å². The molecule has 2 aromatic carbocycles. The Labute approximate surface area is 236 Å². The number of rotatable bonds is 11. The number of aryl methyl sites for hydroxylation is 1. The van der Waals surface area contributed by atoms with Crippen molar-refractivity contribution in [2.75, 3.05) is 39.9 Å². The van der Waals surface area contributed by atoms with E-state index in [1.54, 1.807) is 76.2 Å². The van der Waals surface area contributed by atoms with Gasteiger partial charge in [0, 0.05) is 31.6 Å². The highest BCUT2D eigenvalue weighted by Crippen LogP contribution is 2.40. The van der Waals surface area contributed by atoms with E-state index in [-0.39, 0.29) is 18.3 Å². The summed E-state index contributed by atoms with van der Waals surface area (Å²) >= 11 is 7.78. The molecule has 0 unspecified atom stereocenters. The summed E-state index contributed by atoms with van der Waals surface area (Å²) in [5, 5.41) is 1.09. The average Bonchev–Trinajstić information content (AvgIpc) is 3.60. The number of hydrogen-bond donors (Lipinski definition) is 0. The van der Waals surface area contributed by atoms with E-state index in [1.807, 2.05) is 10.8 Å². The van der Waals surface area contributed by atoms with Crippen molar-refractivity contribution in [1.29, 1.82) is 0 Å². The molecule has 2 aromatic heterocycles. The Hall–Kier alpha value is -3.47. The maximum Gasteiger partial charge on any atom is 0.252 e. The van der Waals surface area contributed by atoms with Crippen LogP contribution in [0.5, 0.6) is 23.0 Å². The number of aromatic nitrogens is 3. The highest BCUT2D eigenvalue weighted by molar-refractivity contribution is 7.23. The monoisotopic (exact) mass is 578 g/mol. The second kappa shape index (κ2) is 13.4. The predicted octanol–water partition coefficient (Wildman–Crippen LogP) is 5.74. The first kappa shape index (κ1) is 29.1. The third kappa shape index (κ3) is 6.32. The molecular formula is C26H28Cl2N4O5S. The number of anilines is 1. The van der Waals surface area contributed by atoms with Gasteiger partial charge < -0.3 is 23.5 Å². The van der Waals surface area contributed by atoms with Crippen molar-refractivity contribution in [3.05, 3.63) is 59.6 Å². The molecular weight excluding hydrogens is 551 g/mol. The van der Waals surface area contributed by atoms with Crippen LogP contribution in [0.4, 0.5) is 5.13 Å². The molecule has 202 valence electrons. The molecule has 0 spiro atoms. The van der Waals surface area contributed by atoms with Gasteiger partial charge in [0.1, 0.15) is 11.3 Å². The van der Waals surface area contributed by atoms with Crippen LogP contribution < -0.4 is 23.8 Å². The van der Waals surface area contributed by atoms with Crippen molar-refractivity contribution in [2.24, 2.45) is 0 Å². The molecule has 4 rings (SSSR count). The van der Waals surface area contributed by atoms with Gasteiger partial charge in [0.2, 0.25) is 5.75 Å². The Morgan fingerprint density at radius 2 is 1.79 bits per heavy atom. The van der Waals surface area contributed by atoms with Crippen LogP contribution >= 0.6 is 35.3 Å². The number of ether oxygens (including phenoxy) is 4. The van der Waals surface area contributed by atoms with E-state index < -0.39 is 0 Å². The average molecular weight is 580 g/mol. The van der Waals surface area contributed by atoms with Crippen molar-refractivity contribution in [1.82, 2.24) is 14.5 Å². The molecule has 1 amide bonds. The van der Waals surface area contributed by atoms with Crippen LogP contribution in [0.25, 0.3) is 16.3 Å². The molecule has 0 atom stereocenters. The zero-order chi connectivity index (χ0) is 26.4. The minimum Gasteiger partial charge on any atom is -0.494 e. The highest BCUT2D eigenvalue weighted by Gasteiger charge is 2.21. The van der Waals surface area contributed by atoms with Crippen molar-refractivity contribution < 1.29 is 23.7 Å². The summed E-state index contributed by atoms with van der Waals surface area (Å²) in [4.78, 5) is 23.9. The Bertz CT molecular complexity index is 1380. The van der Waals surface area contributed by atoms with Crippen LogP contribution in [0.15, 0.2) is 49.1 Å². The van der Waals surface area contributed by atoms with E-state index >= 15 is 0 Å². The first-order chi connectivity index (χ1) is 18.0. The van der Waals surface area contributed by atoms with E-state index in [0.29, 0.717) is 58.2 Å². The fraction of sp³-hybridized carbons (Fsp3) is 0.269. The molecule has 0 aliphatic rings. The lowest BCUT2D eigenvalue weighted by Crippen LogP contribution is -2.30. The topological polar surface area (TPSA) is 87.9 Å². The minimum absolute atomic E-state index is 0. The molecule has 0 fully saturated rings. The van der Waals surface area contributed by atoms with E-state index in [4.69, 9.17) is 35.5 Å². The summed E-state index contributed by atoms with van der Waals surface area (Å²) < 4.78 is 24.4. The van der Waals surface area contributed by atoms with Crippen molar-refractivity contribution in [3.8, 4) is 23.0 Å². The van der Waals surface area contributed by atoms with Gasteiger partial charge in [0.15, 0.2) is 16.6 Å².